The van der Waals surface area contributed by atoms with Crippen LogP contribution in [-0.2, 0) is 4.79 Å². The van der Waals surface area contributed by atoms with Crippen LogP contribution in [-0.4, -0.2) is 65.2 Å². The molecule has 1 amide bonds. The lowest BCUT2D eigenvalue weighted by Gasteiger charge is -2.40. The molecule has 0 spiro atoms. The Morgan fingerprint density at radius 1 is 1.17 bits per heavy atom. The Balaban J connectivity index is 1.29. The van der Waals surface area contributed by atoms with E-state index in [2.05, 4.69) is 17.9 Å². The molecule has 1 saturated carbocycles. The van der Waals surface area contributed by atoms with E-state index in [0.717, 1.165) is 29.4 Å². The monoisotopic (exact) mass is 605 g/mol. The molecule has 2 saturated heterocycles. The van der Waals surface area contributed by atoms with Gasteiger partial charge in [-0.05, 0) is 73.9 Å². The topological polar surface area (TPSA) is 93.9 Å². The quantitative estimate of drug-likeness (QED) is 0.374. The third kappa shape index (κ3) is 6.30. The number of hydrogen-bond acceptors (Lipinski definition) is 5. The molecule has 7 nitrogen and oxygen atoms in total. The van der Waals surface area contributed by atoms with Crippen molar-refractivity contribution >= 4 is 35.1 Å². The van der Waals surface area contributed by atoms with Crippen LogP contribution in [0, 0.1) is 22.6 Å². The van der Waals surface area contributed by atoms with Gasteiger partial charge in [-0.1, -0.05) is 23.2 Å². The van der Waals surface area contributed by atoms with Crippen molar-refractivity contribution in [3.63, 3.8) is 0 Å². The molecular weight excluding hydrogens is 575 g/mol. The summed E-state index contributed by atoms with van der Waals surface area (Å²) in [4.78, 5) is 27.8. The summed E-state index contributed by atoms with van der Waals surface area (Å²) >= 11 is 12.4. The lowest BCUT2D eigenvalue weighted by Crippen LogP contribution is -2.43. The molecule has 3 aliphatic rings. The Labute approximate surface area is 247 Å². The minimum absolute atomic E-state index is 0.0495. The molecule has 2 aromatic rings. The molecule has 3 fully saturated rings. The number of ether oxygens (including phenoxy) is 1. The third-order valence-corrected chi connectivity index (χ3v) is 8.99. The second kappa shape index (κ2) is 11.7. The smallest absolute Gasteiger partial charge is 0.326 e. The van der Waals surface area contributed by atoms with Crippen LogP contribution in [0.15, 0.2) is 30.3 Å². The lowest BCUT2D eigenvalue weighted by molar-refractivity contribution is -0.141. The number of aliphatic carboxylic acids is 1. The molecule has 218 valence electrons. The summed E-state index contributed by atoms with van der Waals surface area (Å²) in [5, 5.41) is 20.7. The number of piperidine rings is 1. The van der Waals surface area contributed by atoms with Gasteiger partial charge < -0.3 is 14.7 Å². The summed E-state index contributed by atoms with van der Waals surface area (Å²) in [5.74, 6) is -2.68. The van der Waals surface area contributed by atoms with E-state index in [-0.39, 0.29) is 36.3 Å². The van der Waals surface area contributed by atoms with Gasteiger partial charge in [0, 0.05) is 41.7 Å². The second-order valence-corrected chi connectivity index (χ2v) is 12.3. The number of nitriles is 1. The molecule has 5 rings (SSSR count). The number of carboxylic acid groups (broad SMARTS) is 1. The molecule has 0 unspecified atom stereocenters. The molecule has 2 heterocycles. The van der Waals surface area contributed by atoms with E-state index in [1.165, 1.54) is 6.07 Å². The van der Waals surface area contributed by atoms with Gasteiger partial charge in [-0.15, -0.1) is 0 Å². The number of amides is 1. The van der Waals surface area contributed by atoms with Crippen molar-refractivity contribution in [2.75, 3.05) is 26.2 Å². The van der Waals surface area contributed by atoms with Crippen LogP contribution in [0.5, 0.6) is 5.75 Å². The first-order valence-electron chi connectivity index (χ1n) is 13.8. The van der Waals surface area contributed by atoms with Crippen molar-refractivity contribution in [3.8, 4) is 11.8 Å². The van der Waals surface area contributed by atoms with Crippen LogP contribution in [0.2, 0.25) is 10.0 Å². The standard InChI is InChI=1S/C30H31Cl2F2N3O4/c1-17(19-8-20(31)10-21(32)9-19)36-6-4-30(15-35,5-7-36)16-41-27-13-25(34)24(12-23(27)18-2-3-18)28(38)37-14-22(33)11-26(37)29(39)40/h8-10,12-13,17-18,22,26H,2-7,11,14,16H2,1H3,(H,39,40)/t17-,22-,26+/m1/s1. The molecule has 3 atom stereocenters. The molecule has 1 aliphatic carbocycles. The highest BCUT2D eigenvalue weighted by Crippen LogP contribution is 2.46. The molecule has 41 heavy (non-hydrogen) atoms. The van der Waals surface area contributed by atoms with Gasteiger partial charge in [0.15, 0.2) is 0 Å². The molecular formula is C30H31Cl2F2N3O4. The number of carbonyl (C=O) groups is 2. The van der Waals surface area contributed by atoms with Crippen molar-refractivity contribution in [2.24, 2.45) is 5.41 Å². The zero-order valence-electron chi connectivity index (χ0n) is 22.6. The Kier molecular flexibility index (Phi) is 8.47. The van der Waals surface area contributed by atoms with Gasteiger partial charge in [-0.25, -0.2) is 13.6 Å². The van der Waals surface area contributed by atoms with E-state index < -0.39 is 41.9 Å². The highest BCUT2D eigenvalue weighted by molar-refractivity contribution is 6.34. The van der Waals surface area contributed by atoms with Gasteiger partial charge in [0.2, 0.25) is 0 Å². The minimum Gasteiger partial charge on any atom is -0.492 e. The van der Waals surface area contributed by atoms with Crippen LogP contribution < -0.4 is 4.74 Å². The first kappa shape index (κ1) is 29.6. The van der Waals surface area contributed by atoms with Crippen molar-refractivity contribution in [1.82, 2.24) is 9.80 Å². The van der Waals surface area contributed by atoms with Crippen LogP contribution in [0.1, 0.15) is 72.5 Å². The van der Waals surface area contributed by atoms with Gasteiger partial charge in [-0.3, -0.25) is 9.69 Å². The maximum Gasteiger partial charge on any atom is 0.326 e. The molecule has 0 aromatic heterocycles. The molecule has 11 heteroatoms. The van der Waals surface area contributed by atoms with Gasteiger partial charge in [0.25, 0.3) is 5.91 Å². The fraction of sp³-hybridized carbons (Fsp3) is 0.500. The Hall–Kier alpha value is -2.93. The second-order valence-electron chi connectivity index (χ2n) is 11.4. The largest absolute Gasteiger partial charge is 0.492 e. The third-order valence-electron chi connectivity index (χ3n) is 8.55. The first-order chi connectivity index (χ1) is 19.5. The fourth-order valence-electron chi connectivity index (χ4n) is 5.84. The van der Waals surface area contributed by atoms with E-state index in [1.54, 1.807) is 6.07 Å². The Bertz CT molecular complexity index is 1370. The Morgan fingerprint density at radius 2 is 1.83 bits per heavy atom. The molecule has 0 bridgehead atoms. The summed E-state index contributed by atoms with van der Waals surface area (Å²) in [5.41, 5.74) is 0.578. The van der Waals surface area contributed by atoms with Crippen LogP contribution in [0.3, 0.4) is 0 Å². The average molecular weight is 606 g/mol. The van der Waals surface area contributed by atoms with E-state index in [1.807, 2.05) is 12.1 Å². The van der Waals surface area contributed by atoms with Gasteiger partial charge >= 0.3 is 5.97 Å². The van der Waals surface area contributed by atoms with Crippen LogP contribution in [0.4, 0.5) is 8.78 Å². The number of likely N-dealkylation sites (tertiary alicyclic amines) is 2. The maximum atomic E-state index is 15.3. The van der Waals surface area contributed by atoms with E-state index >= 15 is 4.39 Å². The van der Waals surface area contributed by atoms with Gasteiger partial charge in [-0.2, -0.15) is 5.26 Å². The number of alkyl halides is 1. The number of halogens is 4. The number of carbonyl (C=O) groups excluding carboxylic acids is 1. The summed E-state index contributed by atoms with van der Waals surface area (Å²) in [6.45, 7) is 3.04. The number of carboxylic acids is 1. The normalized spacial score (nSPS) is 23.2. The van der Waals surface area contributed by atoms with Crippen molar-refractivity contribution in [3.05, 3.63) is 62.9 Å². The minimum atomic E-state index is -1.48. The first-order valence-corrected chi connectivity index (χ1v) is 14.5. The van der Waals surface area contributed by atoms with E-state index in [4.69, 9.17) is 27.9 Å². The number of benzene rings is 2. The zero-order valence-corrected chi connectivity index (χ0v) is 24.1. The number of hydrogen-bond donors (Lipinski definition) is 1. The van der Waals surface area contributed by atoms with Crippen molar-refractivity contribution in [2.45, 2.75) is 63.2 Å². The summed E-state index contributed by atoms with van der Waals surface area (Å²) < 4.78 is 35.4. The fourth-order valence-corrected chi connectivity index (χ4v) is 6.39. The molecule has 2 aliphatic heterocycles. The predicted octanol–water partition coefficient (Wildman–Crippen LogP) is 6.39. The van der Waals surface area contributed by atoms with E-state index in [9.17, 15) is 24.3 Å². The van der Waals surface area contributed by atoms with Crippen molar-refractivity contribution < 1.29 is 28.2 Å². The molecule has 0 radical (unpaired) electrons. The molecule has 1 N–H and O–H groups in total. The molecule has 2 aromatic carbocycles. The predicted molar refractivity (Wildman–Crippen MR) is 150 cm³/mol. The maximum absolute atomic E-state index is 15.3. The zero-order chi connectivity index (χ0) is 29.5. The summed E-state index contributed by atoms with van der Waals surface area (Å²) in [6, 6.07) is 9.16. The van der Waals surface area contributed by atoms with Gasteiger partial charge in [0.1, 0.15) is 30.4 Å². The highest BCUT2D eigenvalue weighted by atomic mass is 35.5. The SMILES string of the molecule is C[C@H](c1cc(Cl)cc(Cl)c1)N1CCC(C#N)(COc2cc(F)c(C(=O)N3C[C@H](F)C[C@H]3C(=O)O)cc2C2CC2)CC1. The number of nitrogens with zero attached hydrogens (tertiary/aromatic N) is 3. The average Bonchev–Trinajstić information content (AvgIpc) is 3.71. The van der Waals surface area contributed by atoms with Crippen molar-refractivity contribution in [1.29, 1.82) is 5.26 Å². The van der Waals surface area contributed by atoms with Gasteiger partial charge in [0.05, 0.1) is 23.6 Å². The Morgan fingerprint density at radius 3 is 2.41 bits per heavy atom. The lowest BCUT2D eigenvalue weighted by atomic mass is 9.80. The summed E-state index contributed by atoms with van der Waals surface area (Å²) in [6.07, 6.45) is 0.985. The number of rotatable bonds is 8. The van der Waals surface area contributed by atoms with Crippen LogP contribution >= 0.6 is 23.2 Å². The summed E-state index contributed by atoms with van der Waals surface area (Å²) in [7, 11) is 0. The van der Waals surface area contributed by atoms with E-state index in [0.29, 0.717) is 41.5 Å². The van der Waals surface area contributed by atoms with Crippen LogP contribution in [0.25, 0.3) is 0 Å². The highest BCUT2D eigenvalue weighted by Gasteiger charge is 2.42.